The molecule has 0 radical (unpaired) electrons. The molecule has 1 heterocycles. The molecule has 0 saturated carbocycles. The van der Waals surface area contributed by atoms with Crippen LogP contribution in [0, 0.1) is 13.8 Å². The highest BCUT2D eigenvalue weighted by Gasteiger charge is 2.30. The Morgan fingerprint density at radius 3 is 2.42 bits per heavy atom. The molecule has 0 bridgehead atoms. The van der Waals surface area contributed by atoms with E-state index < -0.39 is 0 Å². The molecule has 1 saturated heterocycles. The van der Waals surface area contributed by atoms with E-state index in [1.54, 1.807) is 4.90 Å². The van der Waals surface area contributed by atoms with Crippen molar-refractivity contribution in [3.8, 4) is 5.75 Å². The summed E-state index contributed by atoms with van der Waals surface area (Å²) in [5.41, 5.74) is 2.51. The second-order valence-electron chi connectivity index (χ2n) is 4.43. The van der Waals surface area contributed by atoms with Crippen LogP contribution in [0.3, 0.4) is 0 Å². The molecule has 1 fully saturated rings. The van der Waals surface area contributed by atoms with Crippen LogP contribution in [0.15, 0.2) is 17.0 Å². The maximum Gasteiger partial charge on any atom is 0.266 e. The Morgan fingerprint density at radius 1 is 1.37 bits per heavy atom. The lowest BCUT2D eigenvalue weighted by Gasteiger charge is -2.09. The summed E-state index contributed by atoms with van der Waals surface area (Å²) in [6.07, 6.45) is 1.83. The Labute approximate surface area is 122 Å². The number of aryl methyl sites for hydroxylation is 2. The van der Waals surface area contributed by atoms with E-state index in [0.717, 1.165) is 16.7 Å². The highest BCUT2D eigenvalue weighted by Crippen LogP contribution is 2.33. The summed E-state index contributed by atoms with van der Waals surface area (Å²) in [5, 5.41) is 9.74. The average molecular weight is 293 g/mol. The Hall–Kier alpha value is -1.33. The summed E-state index contributed by atoms with van der Waals surface area (Å²) in [6.45, 7) is 6.19. The van der Waals surface area contributed by atoms with Crippen LogP contribution >= 0.6 is 24.0 Å². The van der Waals surface area contributed by atoms with Crippen LogP contribution in [0.5, 0.6) is 5.75 Å². The fourth-order valence-electron chi connectivity index (χ4n) is 2.00. The van der Waals surface area contributed by atoms with Crippen LogP contribution in [0.2, 0.25) is 0 Å². The second kappa shape index (κ2) is 5.35. The first kappa shape index (κ1) is 14.1. The van der Waals surface area contributed by atoms with Crippen molar-refractivity contribution in [3.63, 3.8) is 0 Å². The van der Waals surface area contributed by atoms with Crippen molar-refractivity contribution >= 4 is 40.3 Å². The second-order valence-corrected chi connectivity index (χ2v) is 6.11. The number of hydrogen-bond donors (Lipinski definition) is 1. The van der Waals surface area contributed by atoms with Gasteiger partial charge in [-0.1, -0.05) is 24.0 Å². The van der Waals surface area contributed by atoms with Crippen molar-refractivity contribution in [2.45, 2.75) is 20.8 Å². The van der Waals surface area contributed by atoms with Crippen molar-refractivity contribution in [2.24, 2.45) is 0 Å². The predicted molar refractivity (Wildman–Crippen MR) is 83.1 cm³/mol. The summed E-state index contributed by atoms with van der Waals surface area (Å²) in [7, 11) is 0. The first-order chi connectivity index (χ1) is 8.93. The van der Waals surface area contributed by atoms with E-state index >= 15 is 0 Å². The van der Waals surface area contributed by atoms with Gasteiger partial charge < -0.3 is 5.11 Å². The first-order valence-electron chi connectivity index (χ1n) is 5.99. The van der Waals surface area contributed by atoms with Crippen molar-refractivity contribution in [1.82, 2.24) is 4.90 Å². The van der Waals surface area contributed by atoms with Crippen LogP contribution < -0.4 is 0 Å². The van der Waals surface area contributed by atoms with Gasteiger partial charge in [0.2, 0.25) is 0 Å². The molecule has 1 aliphatic rings. The molecule has 0 aromatic heterocycles. The number of phenols is 1. The molecule has 1 aromatic carbocycles. The summed E-state index contributed by atoms with van der Waals surface area (Å²) < 4.78 is 0.603. The SMILES string of the molecule is CCN1C(=O)/C(=C\c2cc(C)c(O)c(C)c2)SC1=S. The molecule has 100 valence electrons. The summed E-state index contributed by atoms with van der Waals surface area (Å²) >= 11 is 6.49. The van der Waals surface area contributed by atoms with Gasteiger partial charge in [-0.2, -0.15) is 0 Å². The number of rotatable bonds is 2. The number of phenolic OH excluding ortho intramolecular Hbond substituents is 1. The Kier molecular flexibility index (Phi) is 3.96. The number of thiocarbonyl (C=S) groups is 1. The Bertz CT molecular complexity index is 570. The van der Waals surface area contributed by atoms with Crippen molar-refractivity contribution in [3.05, 3.63) is 33.7 Å². The van der Waals surface area contributed by atoms with Crippen LogP contribution in [0.4, 0.5) is 0 Å². The molecular weight excluding hydrogens is 278 g/mol. The zero-order chi connectivity index (χ0) is 14.2. The van der Waals surface area contributed by atoms with E-state index in [1.165, 1.54) is 11.8 Å². The van der Waals surface area contributed by atoms with Gasteiger partial charge in [-0.05, 0) is 55.7 Å². The van der Waals surface area contributed by atoms with Crippen molar-refractivity contribution in [2.75, 3.05) is 6.54 Å². The van der Waals surface area contributed by atoms with Gasteiger partial charge in [0.05, 0.1) is 4.91 Å². The number of benzene rings is 1. The quantitative estimate of drug-likeness (QED) is 0.671. The van der Waals surface area contributed by atoms with Gasteiger partial charge in [0.1, 0.15) is 10.1 Å². The molecule has 1 amide bonds. The van der Waals surface area contributed by atoms with Gasteiger partial charge in [0.15, 0.2) is 0 Å². The Morgan fingerprint density at radius 2 is 1.95 bits per heavy atom. The molecular formula is C14H15NO2S2. The first-order valence-corrected chi connectivity index (χ1v) is 7.22. The summed E-state index contributed by atoms with van der Waals surface area (Å²) in [5.74, 6) is 0.263. The number of likely N-dealkylation sites (N-methyl/N-ethyl adjacent to an activating group) is 1. The lowest BCUT2D eigenvalue weighted by atomic mass is 10.1. The van der Waals surface area contributed by atoms with E-state index in [1.807, 2.05) is 39.0 Å². The largest absolute Gasteiger partial charge is 0.507 e. The Balaban J connectivity index is 2.38. The molecule has 3 nitrogen and oxygen atoms in total. The average Bonchev–Trinajstić information content (AvgIpc) is 2.61. The zero-order valence-corrected chi connectivity index (χ0v) is 12.7. The molecule has 0 spiro atoms. The number of carbonyl (C=O) groups excluding carboxylic acids is 1. The molecule has 0 aliphatic carbocycles. The van der Waals surface area contributed by atoms with Gasteiger partial charge in [-0.25, -0.2) is 0 Å². The third kappa shape index (κ3) is 2.67. The minimum absolute atomic E-state index is 0.0409. The summed E-state index contributed by atoms with van der Waals surface area (Å²) in [6, 6.07) is 3.72. The number of carbonyl (C=O) groups is 1. The standard InChI is InChI=1S/C14H15NO2S2/c1-4-15-13(17)11(19-14(15)18)7-10-5-8(2)12(16)9(3)6-10/h5-7,16H,4H2,1-3H3/b11-7+. The summed E-state index contributed by atoms with van der Waals surface area (Å²) in [4.78, 5) is 14.3. The third-order valence-electron chi connectivity index (χ3n) is 3.00. The highest BCUT2D eigenvalue weighted by molar-refractivity contribution is 8.26. The van der Waals surface area contributed by atoms with Gasteiger partial charge in [0.25, 0.3) is 5.91 Å². The third-order valence-corrected chi connectivity index (χ3v) is 4.38. The van der Waals surface area contributed by atoms with Gasteiger partial charge in [-0.3, -0.25) is 9.69 Å². The molecule has 1 aromatic rings. The topological polar surface area (TPSA) is 40.5 Å². The minimum atomic E-state index is -0.0409. The van der Waals surface area contributed by atoms with E-state index in [2.05, 4.69) is 0 Å². The fourth-order valence-corrected chi connectivity index (χ4v) is 3.38. The van der Waals surface area contributed by atoms with E-state index in [0.29, 0.717) is 21.5 Å². The smallest absolute Gasteiger partial charge is 0.266 e. The van der Waals surface area contributed by atoms with Crippen molar-refractivity contribution < 1.29 is 9.90 Å². The molecule has 1 aliphatic heterocycles. The number of nitrogens with zero attached hydrogens (tertiary/aromatic N) is 1. The zero-order valence-electron chi connectivity index (χ0n) is 11.1. The van der Waals surface area contributed by atoms with Crippen LogP contribution in [-0.4, -0.2) is 26.8 Å². The van der Waals surface area contributed by atoms with E-state index in [9.17, 15) is 9.90 Å². The monoisotopic (exact) mass is 293 g/mol. The lowest BCUT2D eigenvalue weighted by molar-refractivity contribution is -0.121. The lowest BCUT2D eigenvalue weighted by Crippen LogP contribution is -2.27. The normalized spacial score (nSPS) is 17.6. The van der Waals surface area contributed by atoms with Crippen LogP contribution in [0.1, 0.15) is 23.6 Å². The molecule has 1 N–H and O–H groups in total. The van der Waals surface area contributed by atoms with Crippen molar-refractivity contribution in [1.29, 1.82) is 0 Å². The molecule has 5 heteroatoms. The predicted octanol–water partition coefficient (Wildman–Crippen LogP) is 3.23. The van der Waals surface area contributed by atoms with Gasteiger partial charge >= 0.3 is 0 Å². The highest BCUT2D eigenvalue weighted by atomic mass is 32.2. The van der Waals surface area contributed by atoms with Gasteiger partial charge in [0, 0.05) is 6.54 Å². The molecule has 0 unspecified atom stereocenters. The van der Waals surface area contributed by atoms with Crippen LogP contribution in [0.25, 0.3) is 6.08 Å². The maximum absolute atomic E-state index is 12.1. The van der Waals surface area contributed by atoms with Gasteiger partial charge in [-0.15, -0.1) is 0 Å². The van der Waals surface area contributed by atoms with E-state index in [4.69, 9.17) is 12.2 Å². The molecule has 2 rings (SSSR count). The minimum Gasteiger partial charge on any atom is -0.507 e. The van der Waals surface area contributed by atoms with E-state index in [-0.39, 0.29) is 5.91 Å². The number of thioether (sulfide) groups is 1. The number of aromatic hydroxyl groups is 1. The van der Waals surface area contributed by atoms with Crippen LogP contribution in [-0.2, 0) is 4.79 Å². The fraction of sp³-hybridized carbons (Fsp3) is 0.286. The molecule has 19 heavy (non-hydrogen) atoms. The molecule has 0 atom stereocenters. The number of amides is 1. The number of hydrogen-bond acceptors (Lipinski definition) is 4. The maximum atomic E-state index is 12.1.